The molecule has 0 bridgehead atoms. The Hall–Kier alpha value is -1.68. The fourth-order valence-corrected chi connectivity index (χ4v) is 3.22. The number of hydrogen-bond donors (Lipinski definition) is 0. The molecule has 0 saturated carbocycles. The highest BCUT2D eigenvalue weighted by Gasteiger charge is 2.35. The van der Waals surface area contributed by atoms with Crippen LogP contribution in [0, 0.1) is 5.92 Å². The van der Waals surface area contributed by atoms with Gasteiger partial charge in [0.05, 0.1) is 11.1 Å². The molecule has 1 aromatic carbocycles. The van der Waals surface area contributed by atoms with Crippen molar-refractivity contribution in [2.24, 2.45) is 5.92 Å². The number of carbonyl (C=O) groups is 2. The molecule has 1 fully saturated rings. The van der Waals surface area contributed by atoms with Gasteiger partial charge in [0.1, 0.15) is 0 Å². The molecule has 0 aliphatic carbocycles. The van der Waals surface area contributed by atoms with E-state index in [1.165, 1.54) is 30.8 Å². The molecule has 2 heterocycles. The van der Waals surface area contributed by atoms with E-state index in [9.17, 15) is 9.59 Å². The van der Waals surface area contributed by atoms with E-state index in [0.29, 0.717) is 23.6 Å². The van der Waals surface area contributed by atoms with Crippen molar-refractivity contribution in [3.63, 3.8) is 0 Å². The van der Waals surface area contributed by atoms with Crippen LogP contribution < -0.4 is 0 Å². The average Bonchev–Trinajstić information content (AvgIpc) is 3.09. The van der Waals surface area contributed by atoms with Crippen LogP contribution in [0.3, 0.4) is 0 Å². The zero-order valence-electron chi connectivity index (χ0n) is 12.5. The summed E-state index contributed by atoms with van der Waals surface area (Å²) in [5.74, 6) is 0.0695. The highest BCUT2D eigenvalue weighted by molar-refractivity contribution is 6.21. The second-order valence-electron chi connectivity index (χ2n) is 6.21. The SMILES string of the molecule is CC(CCN1CCCC1)CN1C(=O)c2ccccc2C1=O. The maximum atomic E-state index is 12.3. The van der Waals surface area contributed by atoms with Gasteiger partial charge in [-0.25, -0.2) is 0 Å². The van der Waals surface area contributed by atoms with Crippen molar-refractivity contribution in [2.45, 2.75) is 26.2 Å². The maximum Gasteiger partial charge on any atom is 0.261 e. The van der Waals surface area contributed by atoms with Gasteiger partial charge in [-0.2, -0.15) is 0 Å². The number of fused-ring (bicyclic) bond motifs is 1. The number of amides is 2. The molecule has 4 nitrogen and oxygen atoms in total. The van der Waals surface area contributed by atoms with Gasteiger partial charge < -0.3 is 4.90 Å². The summed E-state index contributed by atoms with van der Waals surface area (Å²) in [6.07, 6.45) is 3.63. The molecular formula is C17H22N2O2. The van der Waals surface area contributed by atoms with E-state index in [2.05, 4.69) is 11.8 Å². The van der Waals surface area contributed by atoms with Crippen LogP contribution in [0.4, 0.5) is 0 Å². The molecule has 0 aromatic heterocycles. The van der Waals surface area contributed by atoms with Crippen molar-refractivity contribution < 1.29 is 9.59 Å². The number of imide groups is 1. The number of rotatable bonds is 5. The summed E-state index contributed by atoms with van der Waals surface area (Å²) in [5, 5.41) is 0. The van der Waals surface area contributed by atoms with Gasteiger partial charge >= 0.3 is 0 Å². The second kappa shape index (κ2) is 5.98. The van der Waals surface area contributed by atoms with Crippen molar-refractivity contribution >= 4 is 11.8 Å². The van der Waals surface area contributed by atoms with Crippen LogP contribution in [-0.2, 0) is 0 Å². The Kier molecular flexibility index (Phi) is 4.06. The van der Waals surface area contributed by atoms with Gasteiger partial charge in [-0.3, -0.25) is 14.5 Å². The molecule has 2 aliphatic rings. The molecule has 0 radical (unpaired) electrons. The predicted molar refractivity (Wildman–Crippen MR) is 81.3 cm³/mol. The first-order valence-electron chi connectivity index (χ1n) is 7.84. The molecule has 21 heavy (non-hydrogen) atoms. The lowest BCUT2D eigenvalue weighted by Crippen LogP contribution is -2.35. The Labute approximate surface area is 125 Å². The molecule has 3 rings (SSSR count). The van der Waals surface area contributed by atoms with Crippen molar-refractivity contribution in [2.75, 3.05) is 26.2 Å². The second-order valence-corrected chi connectivity index (χ2v) is 6.21. The normalized spacial score (nSPS) is 20.1. The van der Waals surface area contributed by atoms with Crippen LogP contribution in [-0.4, -0.2) is 47.8 Å². The van der Waals surface area contributed by atoms with Crippen LogP contribution in [0.25, 0.3) is 0 Å². The molecule has 4 heteroatoms. The standard InChI is InChI=1S/C17H22N2O2/c1-13(8-11-18-9-4-5-10-18)12-19-16(20)14-6-2-3-7-15(14)17(19)21/h2-3,6-7,13H,4-5,8-12H2,1H3. The molecule has 2 amide bonds. The first-order valence-corrected chi connectivity index (χ1v) is 7.84. The Morgan fingerprint density at radius 1 is 1.05 bits per heavy atom. The maximum absolute atomic E-state index is 12.3. The largest absolute Gasteiger partial charge is 0.303 e. The highest BCUT2D eigenvalue weighted by atomic mass is 16.2. The zero-order valence-corrected chi connectivity index (χ0v) is 12.5. The summed E-state index contributed by atoms with van der Waals surface area (Å²) in [6.45, 7) is 6.11. The molecule has 0 N–H and O–H groups in total. The molecule has 1 atom stereocenters. The summed E-state index contributed by atoms with van der Waals surface area (Å²) < 4.78 is 0. The fourth-order valence-electron chi connectivity index (χ4n) is 3.22. The van der Waals surface area contributed by atoms with Crippen molar-refractivity contribution in [1.82, 2.24) is 9.80 Å². The number of benzene rings is 1. The monoisotopic (exact) mass is 286 g/mol. The van der Waals surface area contributed by atoms with Crippen LogP contribution in [0.15, 0.2) is 24.3 Å². The molecular weight excluding hydrogens is 264 g/mol. The van der Waals surface area contributed by atoms with E-state index in [0.717, 1.165) is 13.0 Å². The minimum absolute atomic E-state index is 0.136. The van der Waals surface area contributed by atoms with E-state index >= 15 is 0 Å². The van der Waals surface area contributed by atoms with E-state index in [1.807, 2.05) is 12.1 Å². The summed E-state index contributed by atoms with van der Waals surface area (Å²) in [5.41, 5.74) is 1.10. The summed E-state index contributed by atoms with van der Waals surface area (Å²) in [4.78, 5) is 28.5. The Bertz CT molecular complexity index is 514. The van der Waals surface area contributed by atoms with Gasteiger partial charge in [0.15, 0.2) is 0 Å². The van der Waals surface area contributed by atoms with E-state index in [4.69, 9.17) is 0 Å². The number of carbonyl (C=O) groups excluding carboxylic acids is 2. The number of hydrogen-bond acceptors (Lipinski definition) is 3. The Morgan fingerprint density at radius 2 is 1.62 bits per heavy atom. The van der Waals surface area contributed by atoms with Gasteiger partial charge in [0.25, 0.3) is 11.8 Å². The third-order valence-corrected chi connectivity index (χ3v) is 4.51. The minimum atomic E-state index is -0.136. The lowest BCUT2D eigenvalue weighted by Gasteiger charge is -2.22. The molecule has 1 aromatic rings. The Balaban J connectivity index is 1.58. The van der Waals surface area contributed by atoms with Crippen LogP contribution in [0.5, 0.6) is 0 Å². The first-order chi connectivity index (χ1) is 10.2. The molecule has 112 valence electrons. The van der Waals surface area contributed by atoms with E-state index in [-0.39, 0.29) is 11.8 Å². The summed E-state index contributed by atoms with van der Waals surface area (Å²) >= 11 is 0. The third-order valence-electron chi connectivity index (χ3n) is 4.51. The summed E-state index contributed by atoms with van der Waals surface area (Å²) in [7, 11) is 0. The summed E-state index contributed by atoms with van der Waals surface area (Å²) in [6, 6.07) is 7.10. The topological polar surface area (TPSA) is 40.6 Å². The zero-order chi connectivity index (χ0) is 14.8. The Morgan fingerprint density at radius 3 is 2.19 bits per heavy atom. The first kappa shape index (κ1) is 14.3. The van der Waals surface area contributed by atoms with Gasteiger partial charge in [0.2, 0.25) is 0 Å². The lowest BCUT2D eigenvalue weighted by atomic mass is 10.1. The van der Waals surface area contributed by atoms with Crippen molar-refractivity contribution in [1.29, 1.82) is 0 Å². The average molecular weight is 286 g/mol. The third kappa shape index (κ3) is 2.86. The van der Waals surface area contributed by atoms with Crippen LogP contribution >= 0.6 is 0 Å². The lowest BCUT2D eigenvalue weighted by molar-refractivity contribution is 0.0628. The number of nitrogens with zero attached hydrogens (tertiary/aromatic N) is 2. The highest BCUT2D eigenvalue weighted by Crippen LogP contribution is 2.24. The van der Waals surface area contributed by atoms with Gasteiger partial charge in [-0.15, -0.1) is 0 Å². The fraction of sp³-hybridized carbons (Fsp3) is 0.529. The van der Waals surface area contributed by atoms with Crippen LogP contribution in [0.2, 0.25) is 0 Å². The van der Waals surface area contributed by atoms with Crippen molar-refractivity contribution in [3.8, 4) is 0 Å². The molecule has 1 saturated heterocycles. The minimum Gasteiger partial charge on any atom is -0.303 e. The number of likely N-dealkylation sites (tertiary alicyclic amines) is 1. The van der Waals surface area contributed by atoms with Gasteiger partial charge in [-0.05, 0) is 56.9 Å². The van der Waals surface area contributed by atoms with Crippen molar-refractivity contribution in [3.05, 3.63) is 35.4 Å². The quantitative estimate of drug-likeness (QED) is 0.780. The van der Waals surface area contributed by atoms with E-state index in [1.54, 1.807) is 12.1 Å². The van der Waals surface area contributed by atoms with E-state index < -0.39 is 0 Å². The van der Waals surface area contributed by atoms with Gasteiger partial charge in [-0.1, -0.05) is 19.1 Å². The molecule has 0 spiro atoms. The smallest absolute Gasteiger partial charge is 0.261 e. The predicted octanol–water partition coefficient (Wildman–Crippen LogP) is 2.40. The van der Waals surface area contributed by atoms with Gasteiger partial charge in [0, 0.05) is 6.54 Å². The molecule has 2 aliphatic heterocycles. The molecule has 1 unspecified atom stereocenters. The van der Waals surface area contributed by atoms with Crippen LogP contribution in [0.1, 0.15) is 46.9 Å².